The summed E-state index contributed by atoms with van der Waals surface area (Å²) in [6.07, 6.45) is 2.20. The fraction of sp³-hybridized carbons (Fsp3) is 0.174. The Balaban J connectivity index is 1.46. The van der Waals surface area contributed by atoms with E-state index in [0.717, 1.165) is 24.1 Å². The summed E-state index contributed by atoms with van der Waals surface area (Å²) in [6, 6.07) is 25.8. The predicted molar refractivity (Wildman–Crippen MR) is 113 cm³/mol. The number of rotatable bonds is 5. The SMILES string of the molecule is Fc1ccccc1CN(C(=S)Nc1ccc(-c2ccccc2)cc1)C1CC1. The van der Waals surface area contributed by atoms with E-state index in [1.54, 1.807) is 6.07 Å². The molecule has 0 radical (unpaired) electrons. The molecule has 0 aromatic heterocycles. The first kappa shape index (κ1) is 17.7. The summed E-state index contributed by atoms with van der Waals surface area (Å²) in [7, 11) is 0. The molecule has 0 aliphatic heterocycles. The third-order valence-electron chi connectivity index (χ3n) is 4.79. The van der Waals surface area contributed by atoms with Crippen LogP contribution in [0.5, 0.6) is 0 Å². The molecule has 0 spiro atoms. The first-order valence-corrected chi connectivity index (χ1v) is 9.58. The maximum Gasteiger partial charge on any atom is 0.173 e. The van der Waals surface area contributed by atoms with Crippen molar-refractivity contribution in [3.05, 3.63) is 90.2 Å². The molecular weight excluding hydrogens is 355 g/mol. The number of anilines is 1. The Bertz CT molecular complexity index is 921. The van der Waals surface area contributed by atoms with Crippen LogP contribution in [0.2, 0.25) is 0 Å². The van der Waals surface area contributed by atoms with Crippen LogP contribution >= 0.6 is 12.2 Å². The van der Waals surface area contributed by atoms with Gasteiger partial charge in [0.15, 0.2) is 5.11 Å². The van der Waals surface area contributed by atoms with E-state index in [9.17, 15) is 4.39 Å². The van der Waals surface area contributed by atoms with Crippen molar-refractivity contribution >= 4 is 23.0 Å². The highest BCUT2D eigenvalue weighted by molar-refractivity contribution is 7.80. The fourth-order valence-electron chi connectivity index (χ4n) is 3.13. The molecule has 27 heavy (non-hydrogen) atoms. The van der Waals surface area contributed by atoms with Crippen molar-refractivity contribution in [3.8, 4) is 11.1 Å². The standard InChI is InChI=1S/C23H21FN2S/c24-22-9-5-4-8-19(22)16-26(21-14-15-21)23(27)25-20-12-10-18(11-13-20)17-6-2-1-3-7-17/h1-13,21H,14-16H2,(H,25,27). The Kier molecular flexibility index (Phi) is 5.16. The summed E-state index contributed by atoms with van der Waals surface area (Å²) in [5, 5.41) is 3.96. The van der Waals surface area contributed by atoms with Gasteiger partial charge in [-0.3, -0.25) is 0 Å². The Morgan fingerprint density at radius 3 is 2.19 bits per heavy atom. The second-order valence-corrected chi connectivity index (χ2v) is 7.21. The van der Waals surface area contributed by atoms with E-state index in [-0.39, 0.29) is 5.82 Å². The first-order valence-electron chi connectivity index (χ1n) is 9.17. The second-order valence-electron chi connectivity index (χ2n) is 6.82. The smallest absolute Gasteiger partial charge is 0.173 e. The summed E-state index contributed by atoms with van der Waals surface area (Å²) in [4.78, 5) is 2.10. The lowest BCUT2D eigenvalue weighted by molar-refractivity contribution is 0.400. The van der Waals surface area contributed by atoms with E-state index in [0.29, 0.717) is 23.3 Å². The van der Waals surface area contributed by atoms with Crippen molar-refractivity contribution in [1.29, 1.82) is 0 Å². The summed E-state index contributed by atoms with van der Waals surface area (Å²) in [5.74, 6) is -0.182. The van der Waals surface area contributed by atoms with Crippen molar-refractivity contribution in [2.75, 3.05) is 5.32 Å². The van der Waals surface area contributed by atoms with Gasteiger partial charge >= 0.3 is 0 Å². The average molecular weight is 377 g/mol. The van der Waals surface area contributed by atoms with E-state index < -0.39 is 0 Å². The van der Waals surface area contributed by atoms with Crippen molar-refractivity contribution < 1.29 is 4.39 Å². The van der Waals surface area contributed by atoms with Crippen molar-refractivity contribution in [2.45, 2.75) is 25.4 Å². The summed E-state index contributed by atoms with van der Waals surface area (Å²) < 4.78 is 14.0. The van der Waals surface area contributed by atoms with Gasteiger partial charge in [0, 0.05) is 23.8 Å². The van der Waals surface area contributed by atoms with E-state index in [4.69, 9.17) is 12.2 Å². The molecule has 0 atom stereocenters. The van der Waals surface area contributed by atoms with Crippen LogP contribution in [0.25, 0.3) is 11.1 Å². The molecule has 0 saturated heterocycles. The molecule has 0 amide bonds. The quantitative estimate of drug-likeness (QED) is 0.562. The van der Waals surface area contributed by atoms with Crippen LogP contribution in [-0.2, 0) is 6.54 Å². The van der Waals surface area contributed by atoms with Gasteiger partial charge in [-0.05, 0) is 54.4 Å². The Morgan fingerprint density at radius 1 is 0.889 bits per heavy atom. The minimum atomic E-state index is -0.182. The zero-order chi connectivity index (χ0) is 18.6. The number of hydrogen-bond donors (Lipinski definition) is 1. The minimum absolute atomic E-state index is 0.182. The van der Waals surface area contributed by atoms with Crippen molar-refractivity contribution in [1.82, 2.24) is 4.90 Å². The number of halogens is 1. The van der Waals surface area contributed by atoms with Gasteiger partial charge in [0.1, 0.15) is 5.82 Å². The molecule has 1 saturated carbocycles. The molecular formula is C23H21FN2S. The van der Waals surface area contributed by atoms with E-state index in [2.05, 4.69) is 34.5 Å². The van der Waals surface area contributed by atoms with E-state index in [1.807, 2.05) is 42.5 Å². The molecule has 3 aromatic rings. The zero-order valence-electron chi connectivity index (χ0n) is 14.9. The highest BCUT2D eigenvalue weighted by atomic mass is 32.1. The van der Waals surface area contributed by atoms with Gasteiger partial charge in [0.25, 0.3) is 0 Å². The average Bonchev–Trinajstić information content (AvgIpc) is 3.53. The normalized spacial score (nSPS) is 13.2. The zero-order valence-corrected chi connectivity index (χ0v) is 15.8. The van der Waals surface area contributed by atoms with Crippen LogP contribution in [-0.4, -0.2) is 16.1 Å². The van der Waals surface area contributed by atoms with Gasteiger partial charge in [-0.1, -0.05) is 60.7 Å². The number of thiocarbonyl (C=S) groups is 1. The molecule has 1 fully saturated rings. The third-order valence-corrected chi connectivity index (χ3v) is 5.13. The minimum Gasteiger partial charge on any atom is -0.342 e. The van der Waals surface area contributed by atoms with E-state index in [1.165, 1.54) is 11.6 Å². The molecule has 0 unspecified atom stereocenters. The number of nitrogens with zero attached hydrogens (tertiary/aromatic N) is 1. The predicted octanol–water partition coefficient (Wildman–Crippen LogP) is 5.85. The van der Waals surface area contributed by atoms with Gasteiger partial charge in [-0.15, -0.1) is 0 Å². The van der Waals surface area contributed by atoms with Crippen molar-refractivity contribution in [3.63, 3.8) is 0 Å². The maximum atomic E-state index is 14.0. The molecule has 1 N–H and O–H groups in total. The van der Waals surface area contributed by atoms with Crippen LogP contribution < -0.4 is 5.32 Å². The largest absolute Gasteiger partial charge is 0.342 e. The Morgan fingerprint density at radius 2 is 1.52 bits per heavy atom. The van der Waals surface area contributed by atoms with Gasteiger partial charge in [0.2, 0.25) is 0 Å². The molecule has 2 nitrogen and oxygen atoms in total. The Labute approximate surface area is 164 Å². The maximum absolute atomic E-state index is 14.0. The van der Waals surface area contributed by atoms with Gasteiger partial charge in [0.05, 0.1) is 0 Å². The molecule has 1 aliphatic carbocycles. The third kappa shape index (κ3) is 4.34. The molecule has 0 bridgehead atoms. The number of benzene rings is 3. The van der Waals surface area contributed by atoms with Crippen LogP contribution in [0.15, 0.2) is 78.9 Å². The van der Waals surface area contributed by atoms with Crippen molar-refractivity contribution in [2.24, 2.45) is 0 Å². The second kappa shape index (κ2) is 7.89. The van der Waals surface area contributed by atoms with Gasteiger partial charge < -0.3 is 10.2 Å². The lowest BCUT2D eigenvalue weighted by atomic mass is 10.1. The monoisotopic (exact) mass is 376 g/mol. The molecule has 3 aromatic carbocycles. The number of nitrogens with one attached hydrogen (secondary N) is 1. The van der Waals surface area contributed by atoms with Crippen LogP contribution in [0.3, 0.4) is 0 Å². The van der Waals surface area contributed by atoms with Crippen LogP contribution in [0.1, 0.15) is 18.4 Å². The molecule has 0 heterocycles. The lowest BCUT2D eigenvalue weighted by Gasteiger charge is -2.26. The first-order chi connectivity index (χ1) is 13.2. The molecule has 4 rings (SSSR count). The highest BCUT2D eigenvalue weighted by Crippen LogP contribution is 2.30. The highest BCUT2D eigenvalue weighted by Gasteiger charge is 2.31. The van der Waals surface area contributed by atoms with Crippen LogP contribution in [0.4, 0.5) is 10.1 Å². The Hall–Kier alpha value is -2.72. The molecule has 1 aliphatic rings. The summed E-state index contributed by atoms with van der Waals surface area (Å²) >= 11 is 5.63. The van der Waals surface area contributed by atoms with E-state index >= 15 is 0 Å². The van der Waals surface area contributed by atoms with Gasteiger partial charge in [-0.2, -0.15) is 0 Å². The fourth-order valence-corrected chi connectivity index (χ4v) is 3.47. The van der Waals surface area contributed by atoms with Crippen LogP contribution in [0, 0.1) is 5.82 Å². The summed E-state index contributed by atoms with van der Waals surface area (Å²) in [6.45, 7) is 0.491. The lowest BCUT2D eigenvalue weighted by Crippen LogP contribution is -2.36. The molecule has 4 heteroatoms. The summed E-state index contributed by atoms with van der Waals surface area (Å²) in [5.41, 5.74) is 3.97. The van der Waals surface area contributed by atoms with Gasteiger partial charge in [-0.25, -0.2) is 4.39 Å². The molecule has 136 valence electrons. The topological polar surface area (TPSA) is 15.3 Å². The number of hydrogen-bond acceptors (Lipinski definition) is 1.